The first-order valence-electron chi connectivity index (χ1n) is 13.9. The van der Waals surface area contributed by atoms with Crippen molar-refractivity contribution in [3.63, 3.8) is 0 Å². The van der Waals surface area contributed by atoms with E-state index in [0.29, 0.717) is 58.4 Å². The summed E-state index contributed by atoms with van der Waals surface area (Å²) in [5, 5.41) is 6.68. The SMILES string of the molecule is CCCOc1ccc(C(=O)[C@@H]2[C@@H]3CCCN3[C@@]3(C(=O)Nc4c(C)cc(Cl)cc43)[C@@]23C(=O)Nc2ccccc23)cc1. The summed E-state index contributed by atoms with van der Waals surface area (Å²) in [6, 6.07) is 17.9. The molecule has 40 heavy (non-hydrogen) atoms. The lowest BCUT2D eigenvalue weighted by Gasteiger charge is -2.43. The Labute approximate surface area is 237 Å². The van der Waals surface area contributed by atoms with Crippen molar-refractivity contribution in [2.75, 3.05) is 23.8 Å². The number of nitrogens with zero attached hydrogens (tertiary/aromatic N) is 1. The predicted molar refractivity (Wildman–Crippen MR) is 153 cm³/mol. The minimum Gasteiger partial charge on any atom is -0.494 e. The number of rotatable bonds is 5. The molecule has 0 saturated carbocycles. The van der Waals surface area contributed by atoms with E-state index in [0.717, 1.165) is 18.4 Å². The number of ketones is 1. The predicted octanol–water partition coefficient (Wildman–Crippen LogP) is 5.45. The number of amides is 2. The van der Waals surface area contributed by atoms with Crippen molar-refractivity contribution in [2.24, 2.45) is 5.92 Å². The largest absolute Gasteiger partial charge is 0.494 e. The van der Waals surface area contributed by atoms with Gasteiger partial charge in [-0.2, -0.15) is 0 Å². The van der Waals surface area contributed by atoms with Gasteiger partial charge in [0.05, 0.1) is 12.5 Å². The number of halogens is 1. The highest BCUT2D eigenvalue weighted by Crippen LogP contribution is 2.68. The van der Waals surface area contributed by atoms with Crippen LogP contribution in [0.25, 0.3) is 0 Å². The Morgan fingerprint density at radius 2 is 1.82 bits per heavy atom. The zero-order valence-electron chi connectivity index (χ0n) is 22.4. The molecule has 0 bridgehead atoms. The second kappa shape index (κ2) is 8.91. The third-order valence-electron chi connectivity index (χ3n) is 9.26. The summed E-state index contributed by atoms with van der Waals surface area (Å²) < 4.78 is 5.74. The Morgan fingerprint density at radius 3 is 2.60 bits per heavy atom. The van der Waals surface area contributed by atoms with Crippen molar-refractivity contribution in [3.8, 4) is 5.75 Å². The van der Waals surface area contributed by atoms with Gasteiger partial charge in [0.2, 0.25) is 5.91 Å². The average molecular weight is 556 g/mol. The van der Waals surface area contributed by atoms with Crippen molar-refractivity contribution in [1.29, 1.82) is 0 Å². The number of anilines is 2. The molecule has 4 heterocycles. The van der Waals surface area contributed by atoms with Crippen LogP contribution in [0.2, 0.25) is 5.02 Å². The standard InChI is InChI=1S/C32H30ClN3O4/c1-3-15-40-21-12-10-19(11-13-21)28(37)26-25-9-6-14-36(25)32(23-17-20(33)16-18(2)27(23)35-30(32)39)31(26)22-7-4-5-8-24(22)34-29(31)38/h4-5,7-8,10-13,16-17,25-26H,3,6,9,14-15H2,1-2H3,(H,34,38)(H,35,39)/t25-,26-,31+,32-/m0/s1. The molecule has 2 saturated heterocycles. The number of aryl methyl sites for hydroxylation is 1. The van der Waals surface area contributed by atoms with Crippen LogP contribution in [0.4, 0.5) is 11.4 Å². The fourth-order valence-electron chi connectivity index (χ4n) is 7.93. The normalized spacial score (nSPS) is 28.0. The summed E-state index contributed by atoms with van der Waals surface area (Å²) in [5.74, 6) is -0.869. The Hall–Kier alpha value is -3.68. The molecule has 0 aromatic heterocycles. The molecule has 3 aromatic rings. The summed E-state index contributed by atoms with van der Waals surface area (Å²) in [4.78, 5) is 45.9. The maximum absolute atomic E-state index is 14.7. The minimum absolute atomic E-state index is 0.150. The monoisotopic (exact) mass is 555 g/mol. The van der Waals surface area contributed by atoms with E-state index < -0.39 is 16.9 Å². The van der Waals surface area contributed by atoms with Gasteiger partial charge in [-0.3, -0.25) is 19.3 Å². The first-order chi connectivity index (χ1) is 19.3. The molecule has 7 rings (SSSR count). The first kappa shape index (κ1) is 25.3. The van der Waals surface area contributed by atoms with Crippen LogP contribution in [-0.4, -0.2) is 41.7 Å². The molecule has 4 aliphatic heterocycles. The summed E-state index contributed by atoms with van der Waals surface area (Å²) in [7, 11) is 0. The number of benzene rings is 3. The molecular weight excluding hydrogens is 526 g/mol. The number of Topliss-reactive ketones (excluding diaryl/α,β-unsaturated/α-hetero) is 1. The zero-order chi connectivity index (χ0) is 27.8. The molecule has 204 valence electrons. The van der Waals surface area contributed by atoms with Crippen molar-refractivity contribution in [1.82, 2.24) is 4.90 Å². The van der Waals surface area contributed by atoms with Gasteiger partial charge in [0.25, 0.3) is 5.91 Å². The fourth-order valence-corrected chi connectivity index (χ4v) is 8.20. The van der Waals surface area contributed by atoms with Gasteiger partial charge in [0, 0.05) is 33.6 Å². The van der Waals surface area contributed by atoms with Gasteiger partial charge < -0.3 is 15.4 Å². The van der Waals surface area contributed by atoms with Crippen LogP contribution >= 0.6 is 11.6 Å². The molecule has 0 unspecified atom stereocenters. The van der Waals surface area contributed by atoms with Crippen LogP contribution in [0.3, 0.4) is 0 Å². The van der Waals surface area contributed by atoms with Gasteiger partial charge in [0.1, 0.15) is 16.7 Å². The van der Waals surface area contributed by atoms with E-state index in [1.807, 2.05) is 44.2 Å². The van der Waals surface area contributed by atoms with Crippen molar-refractivity contribution >= 4 is 40.6 Å². The van der Waals surface area contributed by atoms with Crippen LogP contribution in [0, 0.1) is 12.8 Å². The van der Waals surface area contributed by atoms with Gasteiger partial charge in [-0.05, 0) is 86.3 Å². The molecule has 2 N–H and O–H groups in total. The van der Waals surface area contributed by atoms with E-state index in [9.17, 15) is 14.4 Å². The molecule has 2 spiro atoms. The second-order valence-electron chi connectivity index (χ2n) is 11.2. The smallest absolute Gasteiger partial charge is 0.251 e. The summed E-state index contributed by atoms with van der Waals surface area (Å²) in [6.45, 7) is 5.12. The van der Waals surface area contributed by atoms with E-state index in [1.165, 1.54) is 0 Å². The van der Waals surface area contributed by atoms with Crippen LogP contribution in [0.5, 0.6) is 5.75 Å². The molecular formula is C32H30ClN3O4. The molecule has 7 nitrogen and oxygen atoms in total. The summed E-state index contributed by atoms with van der Waals surface area (Å²) in [5.41, 5.74) is 1.04. The topological polar surface area (TPSA) is 87.7 Å². The van der Waals surface area contributed by atoms with Gasteiger partial charge >= 0.3 is 0 Å². The van der Waals surface area contributed by atoms with Crippen LogP contribution in [-0.2, 0) is 20.5 Å². The number of carbonyl (C=O) groups excluding carboxylic acids is 3. The maximum atomic E-state index is 14.7. The van der Waals surface area contributed by atoms with Gasteiger partial charge in [0.15, 0.2) is 5.78 Å². The van der Waals surface area contributed by atoms with Crippen LogP contribution in [0.1, 0.15) is 53.2 Å². The zero-order valence-corrected chi connectivity index (χ0v) is 23.2. The molecule has 3 aromatic carbocycles. The highest BCUT2D eigenvalue weighted by Gasteiger charge is 2.81. The van der Waals surface area contributed by atoms with E-state index >= 15 is 0 Å². The van der Waals surface area contributed by atoms with Crippen LogP contribution in [0.15, 0.2) is 60.7 Å². The Morgan fingerprint density at radius 1 is 1.05 bits per heavy atom. The Kier molecular flexibility index (Phi) is 5.64. The van der Waals surface area contributed by atoms with Gasteiger partial charge in [-0.25, -0.2) is 0 Å². The number of fused-ring (bicyclic) bond motifs is 7. The molecule has 2 fully saturated rings. The third kappa shape index (κ3) is 3.02. The average Bonchev–Trinajstić information content (AvgIpc) is 3.67. The van der Waals surface area contributed by atoms with Crippen molar-refractivity contribution < 1.29 is 19.1 Å². The Bertz CT molecular complexity index is 1590. The number of hydrogen-bond donors (Lipinski definition) is 2. The van der Waals surface area contributed by atoms with Crippen molar-refractivity contribution in [3.05, 3.63) is 87.9 Å². The minimum atomic E-state index is -1.49. The number of nitrogens with one attached hydrogen (secondary N) is 2. The summed E-state index contributed by atoms with van der Waals surface area (Å²) in [6.07, 6.45) is 2.41. The number of hydrogen-bond acceptors (Lipinski definition) is 5. The van der Waals surface area contributed by atoms with Crippen molar-refractivity contribution in [2.45, 2.75) is 50.1 Å². The van der Waals surface area contributed by atoms with E-state index in [1.54, 1.807) is 30.3 Å². The molecule has 0 aliphatic carbocycles. The second-order valence-corrected chi connectivity index (χ2v) is 11.7. The lowest BCUT2D eigenvalue weighted by atomic mass is 9.57. The van der Waals surface area contributed by atoms with E-state index in [2.05, 4.69) is 15.5 Å². The summed E-state index contributed by atoms with van der Waals surface area (Å²) >= 11 is 6.62. The Balaban J connectivity index is 1.50. The third-order valence-corrected chi connectivity index (χ3v) is 9.48. The lowest BCUT2D eigenvalue weighted by molar-refractivity contribution is -0.137. The molecule has 0 radical (unpaired) electrons. The molecule has 2 amide bonds. The van der Waals surface area contributed by atoms with E-state index in [4.69, 9.17) is 16.3 Å². The highest BCUT2D eigenvalue weighted by molar-refractivity contribution is 6.31. The highest BCUT2D eigenvalue weighted by atomic mass is 35.5. The molecule has 4 atom stereocenters. The first-order valence-corrected chi connectivity index (χ1v) is 14.3. The van der Waals surface area contributed by atoms with Gasteiger partial charge in [-0.1, -0.05) is 36.7 Å². The maximum Gasteiger partial charge on any atom is 0.251 e. The fraction of sp³-hybridized carbons (Fsp3) is 0.344. The van der Waals surface area contributed by atoms with Crippen LogP contribution < -0.4 is 15.4 Å². The lowest BCUT2D eigenvalue weighted by Crippen LogP contribution is -2.62. The number of ether oxygens (including phenoxy) is 1. The molecule has 4 aliphatic rings. The molecule has 8 heteroatoms. The van der Waals surface area contributed by atoms with Gasteiger partial charge in [-0.15, -0.1) is 0 Å². The number of carbonyl (C=O) groups is 3. The quantitative estimate of drug-likeness (QED) is 0.409. The van der Waals surface area contributed by atoms with E-state index in [-0.39, 0.29) is 23.6 Å². The number of para-hydroxylation sites is 1.